The van der Waals surface area contributed by atoms with E-state index in [1.54, 1.807) is 4.57 Å². The molecule has 1 aliphatic heterocycles. The normalized spacial score (nSPS) is 19.9. The van der Waals surface area contributed by atoms with Crippen molar-refractivity contribution >= 4 is 11.1 Å². The number of piperidine rings is 1. The van der Waals surface area contributed by atoms with E-state index in [-0.39, 0.29) is 5.76 Å². The highest BCUT2D eigenvalue weighted by Gasteiger charge is 2.14. The SMILES string of the molecule is Cc1ccc2c(c1)oc(=O)n2CCC1CCCCN1. The Bertz CT molecular complexity index is 621. The van der Waals surface area contributed by atoms with Crippen molar-refractivity contribution in [1.82, 2.24) is 9.88 Å². The van der Waals surface area contributed by atoms with E-state index in [4.69, 9.17) is 4.42 Å². The van der Waals surface area contributed by atoms with Gasteiger partial charge in [-0.1, -0.05) is 12.5 Å². The smallest absolute Gasteiger partial charge is 0.408 e. The first-order chi connectivity index (χ1) is 9.24. The van der Waals surface area contributed by atoms with Crippen LogP contribution in [-0.4, -0.2) is 17.2 Å². The van der Waals surface area contributed by atoms with Crippen molar-refractivity contribution in [3.8, 4) is 0 Å². The largest absolute Gasteiger partial charge is 0.419 e. The highest BCUT2D eigenvalue weighted by molar-refractivity contribution is 5.73. The van der Waals surface area contributed by atoms with Crippen LogP contribution in [0.25, 0.3) is 11.1 Å². The molecular weight excluding hydrogens is 240 g/mol. The average Bonchev–Trinajstić information content (AvgIpc) is 2.72. The summed E-state index contributed by atoms with van der Waals surface area (Å²) in [6, 6.07) is 6.46. The molecule has 4 heteroatoms. The van der Waals surface area contributed by atoms with Gasteiger partial charge in [0.05, 0.1) is 5.52 Å². The predicted octanol–water partition coefficient (Wildman–Crippen LogP) is 2.44. The molecule has 0 spiro atoms. The van der Waals surface area contributed by atoms with Crippen LogP contribution >= 0.6 is 0 Å². The van der Waals surface area contributed by atoms with E-state index >= 15 is 0 Å². The third-order valence-electron chi connectivity index (χ3n) is 3.94. The Morgan fingerprint density at radius 1 is 1.42 bits per heavy atom. The number of rotatable bonds is 3. The van der Waals surface area contributed by atoms with Crippen molar-refractivity contribution in [3.63, 3.8) is 0 Å². The molecule has 4 nitrogen and oxygen atoms in total. The molecule has 1 unspecified atom stereocenters. The van der Waals surface area contributed by atoms with E-state index < -0.39 is 0 Å². The van der Waals surface area contributed by atoms with Gasteiger partial charge < -0.3 is 9.73 Å². The second-order valence-electron chi connectivity index (χ2n) is 5.43. The Hall–Kier alpha value is -1.55. The highest BCUT2D eigenvalue weighted by atomic mass is 16.4. The Morgan fingerprint density at radius 3 is 3.11 bits per heavy atom. The van der Waals surface area contributed by atoms with Crippen LogP contribution in [0.4, 0.5) is 0 Å². The molecule has 1 saturated heterocycles. The maximum absolute atomic E-state index is 11.9. The monoisotopic (exact) mass is 260 g/mol. The standard InChI is InChI=1S/C15H20N2O2/c1-11-5-6-13-14(10-11)19-15(18)17(13)9-7-12-4-2-3-8-16-12/h5-6,10,12,16H,2-4,7-9H2,1H3. The number of fused-ring (bicyclic) bond motifs is 1. The zero-order chi connectivity index (χ0) is 13.2. The Labute approximate surface area is 112 Å². The van der Waals surface area contributed by atoms with Gasteiger partial charge in [-0.15, -0.1) is 0 Å². The summed E-state index contributed by atoms with van der Waals surface area (Å²) in [4.78, 5) is 11.9. The fraction of sp³-hybridized carbons (Fsp3) is 0.533. The minimum absolute atomic E-state index is 0.239. The molecular formula is C15H20N2O2. The van der Waals surface area contributed by atoms with Crippen LogP contribution in [0.3, 0.4) is 0 Å². The molecule has 2 aromatic rings. The van der Waals surface area contributed by atoms with Crippen molar-refractivity contribution in [2.24, 2.45) is 0 Å². The number of aromatic nitrogens is 1. The molecule has 1 N–H and O–H groups in total. The molecule has 0 aliphatic carbocycles. The van der Waals surface area contributed by atoms with Crippen molar-refractivity contribution in [2.45, 2.75) is 45.2 Å². The minimum atomic E-state index is -0.239. The zero-order valence-electron chi connectivity index (χ0n) is 11.3. The van der Waals surface area contributed by atoms with E-state index in [9.17, 15) is 4.79 Å². The van der Waals surface area contributed by atoms with Gasteiger partial charge in [0.1, 0.15) is 0 Å². The Balaban J connectivity index is 1.80. The number of benzene rings is 1. The van der Waals surface area contributed by atoms with Gasteiger partial charge in [0.15, 0.2) is 5.58 Å². The number of hydrogen-bond donors (Lipinski definition) is 1. The first-order valence-corrected chi connectivity index (χ1v) is 7.07. The van der Waals surface area contributed by atoms with Crippen molar-refractivity contribution in [1.29, 1.82) is 0 Å². The lowest BCUT2D eigenvalue weighted by Crippen LogP contribution is -2.35. The molecule has 0 amide bonds. The van der Waals surface area contributed by atoms with Gasteiger partial charge in [-0.25, -0.2) is 4.79 Å². The zero-order valence-corrected chi connectivity index (χ0v) is 11.3. The van der Waals surface area contributed by atoms with Gasteiger partial charge in [0.25, 0.3) is 0 Å². The maximum atomic E-state index is 11.9. The first kappa shape index (κ1) is 12.5. The summed E-state index contributed by atoms with van der Waals surface area (Å²) in [6.45, 7) is 3.83. The van der Waals surface area contributed by atoms with Gasteiger partial charge in [-0.2, -0.15) is 0 Å². The molecule has 0 radical (unpaired) electrons. The third kappa shape index (κ3) is 2.59. The number of aryl methyl sites for hydroxylation is 2. The molecule has 1 atom stereocenters. The maximum Gasteiger partial charge on any atom is 0.419 e. The van der Waals surface area contributed by atoms with Gasteiger partial charge in [0.2, 0.25) is 0 Å². The molecule has 1 aliphatic rings. The highest BCUT2D eigenvalue weighted by Crippen LogP contribution is 2.16. The summed E-state index contributed by atoms with van der Waals surface area (Å²) in [5, 5.41) is 3.51. The lowest BCUT2D eigenvalue weighted by Gasteiger charge is -2.23. The molecule has 0 saturated carbocycles. The first-order valence-electron chi connectivity index (χ1n) is 7.07. The van der Waals surface area contributed by atoms with Crippen LogP contribution in [0.15, 0.2) is 27.4 Å². The number of nitrogens with zero attached hydrogens (tertiary/aromatic N) is 1. The molecule has 19 heavy (non-hydrogen) atoms. The van der Waals surface area contributed by atoms with E-state index in [1.165, 1.54) is 19.3 Å². The van der Waals surface area contributed by atoms with Crippen LogP contribution in [-0.2, 0) is 6.54 Å². The van der Waals surface area contributed by atoms with Crippen LogP contribution in [0, 0.1) is 6.92 Å². The fourth-order valence-corrected chi connectivity index (χ4v) is 2.84. The number of nitrogens with one attached hydrogen (secondary N) is 1. The van der Waals surface area contributed by atoms with Crippen LogP contribution in [0.5, 0.6) is 0 Å². The van der Waals surface area contributed by atoms with E-state index in [2.05, 4.69) is 5.32 Å². The quantitative estimate of drug-likeness (QED) is 0.922. The van der Waals surface area contributed by atoms with Gasteiger partial charge in [-0.3, -0.25) is 4.57 Å². The summed E-state index contributed by atoms with van der Waals surface area (Å²) in [6.07, 6.45) is 4.76. The predicted molar refractivity (Wildman–Crippen MR) is 75.5 cm³/mol. The summed E-state index contributed by atoms with van der Waals surface area (Å²) >= 11 is 0. The van der Waals surface area contributed by atoms with E-state index in [0.717, 1.165) is 30.6 Å². The Kier molecular flexibility index (Phi) is 3.42. The van der Waals surface area contributed by atoms with Gasteiger partial charge in [0, 0.05) is 12.6 Å². The Morgan fingerprint density at radius 2 is 2.32 bits per heavy atom. The summed E-state index contributed by atoms with van der Waals surface area (Å²) in [7, 11) is 0. The van der Waals surface area contributed by atoms with Crippen LogP contribution in [0.2, 0.25) is 0 Å². The fourth-order valence-electron chi connectivity index (χ4n) is 2.84. The van der Waals surface area contributed by atoms with E-state index in [1.807, 2.05) is 25.1 Å². The molecule has 1 aromatic carbocycles. The van der Waals surface area contributed by atoms with Crippen LogP contribution < -0.4 is 11.1 Å². The van der Waals surface area contributed by atoms with Crippen molar-refractivity contribution < 1.29 is 4.42 Å². The number of hydrogen-bond acceptors (Lipinski definition) is 3. The lowest BCUT2D eigenvalue weighted by atomic mass is 10.0. The molecule has 1 aromatic heterocycles. The van der Waals surface area contributed by atoms with Gasteiger partial charge in [-0.05, 0) is 50.4 Å². The molecule has 1 fully saturated rings. The minimum Gasteiger partial charge on any atom is -0.408 e. The van der Waals surface area contributed by atoms with E-state index in [0.29, 0.717) is 11.6 Å². The molecule has 3 rings (SSSR count). The van der Waals surface area contributed by atoms with Crippen molar-refractivity contribution in [3.05, 3.63) is 34.3 Å². The second kappa shape index (κ2) is 5.21. The van der Waals surface area contributed by atoms with Crippen LogP contribution in [0.1, 0.15) is 31.2 Å². The molecule has 102 valence electrons. The summed E-state index contributed by atoms with van der Waals surface area (Å²) < 4.78 is 7.06. The van der Waals surface area contributed by atoms with Gasteiger partial charge >= 0.3 is 5.76 Å². The molecule has 2 heterocycles. The second-order valence-corrected chi connectivity index (χ2v) is 5.43. The third-order valence-corrected chi connectivity index (χ3v) is 3.94. The summed E-state index contributed by atoms with van der Waals surface area (Å²) in [5.74, 6) is -0.239. The van der Waals surface area contributed by atoms with Crippen molar-refractivity contribution in [2.75, 3.05) is 6.54 Å². The topological polar surface area (TPSA) is 47.2 Å². The number of oxazole rings is 1. The summed E-state index contributed by atoms with van der Waals surface area (Å²) in [5.41, 5.74) is 2.72. The average molecular weight is 260 g/mol. The molecule has 0 bridgehead atoms. The lowest BCUT2D eigenvalue weighted by molar-refractivity contribution is 0.362.